The molecule has 0 saturated carbocycles. The van der Waals surface area contributed by atoms with Crippen molar-refractivity contribution < 1.29 is 19.1 Å². The topological polar surface area (TPSA) is 90.6 Å². The Bertz CT molecular complexity index is 460. The number of esters is 1. The number of ether oxygens (including phenoxy) is 2. The molecule has 6 heteroatoms. The van der Waals surface area contributed by atoms with Crippen LogP contribution in [0.3, 0.4) is 0 Å². The second-order valence-electron chi connectivity index (χ2n) is 3.80. The normalized spacial score (nSPS) is 9.79. The Kier molecular flexibility index (Phi) is 5.66. The highest BCUT2D eigenvalue weighted by molar-refractivity contribution is 5.93. The summed E-state index contributed by atoms with van der Waals surface area (Å²) in [6, 6.07) is 4.65. The van der Waals surface area contributed by atoms with Gasteiger partial charge < -0.3 is 20.5 Å². The third-order valence-electron chi connectivity index (χ3n) is 2.37. The van der Waals surface area contributed by atoms with Gasteiger partial charge in [-0.2, -0.15) is 0 Å². The number of amides is 1. The maximum atomic E-state index is 11.5. The van der Waals surface area contributed by atoms with E-state index in [0.717, 1.165) is 0 Å². The van der Waals surface area contributed by atoms with Gasteiger partial charge in [0.1, 0.15) is 11.3 Å². The van der Waals surface area contributed by atoms with Gasteiger partial charge in [0, 0.05) is 18.3 Å². The Morgan fingerprint density at radius 1 is 1.37 bits per heavy atom. The maximum Gasteiger partial charge on any atom is 0.341 e. The first-order valence-corrected chi connectivity index (χ1v) is 5.95. The Balaban J connectivity index is 2.68. The number of hydrogen-bond donors (Lipinski definition) is 2. The van der Waals surface area contributed by atoms with Crippen LogP contribution in [-0.2, 0) is 9.53 Å². The predicted octanol–water partition coefficient (Wildman–Crippen LogP) is 0.960. The SMILES string of the molecule is CCNC(=O)CCOc1cc(N)ccc1C(=O)OC. The molecular formula is C13H18N2O4. The van der Waals surface area contributed by atoms with E-state index in [0.29, 0.717) is 18.0 Å². The minimum atomic E-state index is -0.506. The number of benzene rings is 1. The molecule has 0 unspecified atom stereocenters. The molecule has 0 aliphatic rings. The summed E-state index contributed by atoms with van der Waals surface area (Å²) in [6.07, 6.45) is 0.212. The highest BCUT2D eigenvalue weighted by atomic mass is 16.5. The fraction of sp³-hybridized carbons (Fsp3) is 0.385. The van der Waals surface area contributed by atoms with Crippen molar-refractivity contribution in [3.63, 3.8) is 0 Å². The molecule has 3 N–H and O–H groups in total. The van der Waals surface area contributed by atoms with Crippen LogP contribution in [0.15, 0.2) is 18.2 Å². The zero-order valence-electron chi connectivity index (χ0n) is 11.1. The highest BCUT2D eigenvalue weighted by Gasteiger charge is 2.13. The molecule has 0 fully saturated rings. The van der Waals surface area contributed by atoms with Gasteiger partial charge in [-0.05, 0) is 19.1 Å². The summed E-state index contributed by atoms with van der Waals surface area (Å²) in [6.45, 7) is 2.58. The van der Waals surface area contributed by atoms with Crippen LogP contribution in [0.5, 0.6) is 5.75 Å². The van der Waals surface area contributed by atoms with Crippen molar-refractivity contribution in [3.05, 3.63) is 23.8 Å². The molecule has 1 aromatic rings. The number of carbonyl (C=O) groups excluding carboxylic acids is 2. The first-order valence-electron chi connectivity index (χ1n) is 5.95. The summed E-state index contributed by atoms with van der Waals surface area (Å²) in [5.41, 5.74) is 6.39. The molecule has 1 rings (SSSR count). The van der Waals surface area contributed by atoms with Crippen molar-refractivity contribution in [2.45, 2.75) is 13.3 Å². The van der Waals surface area contributed by atoms with Crippen LogP contribution in [0.2, 0.25) is 0 Å². The predicted molar refractivity (Wildman–Crippen MR) is 71.0 cm³/mol. The van der Waals surface area contributed by atoms with Crippen LogP contribution in [0, 0.1) is 0 Å². The molecule has 0 aliphatic carbocycles. The smallest absolute Gasteiger partial charge is 0.341 e. The Labute approximate surface area is 111 Å². The Morgan fingerprint density at radius 2 is 2.11 bits per heavy atom. The molecule has 0 aromatic heterocycles. The lowest BCUT2D eigenvalue weighted by molar-refractivity contribution is -0.121. The quantitative estimate of drug-likeness (QED) is 0.591. The minimum Gasteiger partial charge on any atom is -0.492 e. The van der Waals surface area contributed by atoms with Crippen LogP contribution in [0.1, 0.15) is 23.7 Å². The highest BCUT2D eigenvalue weighted by Crippen LogP contribution is 2.22. The van der Waals surface area contributed by atoms with Crippen LogP contribution < -0.4 is 15.8 Å². The molecular weight excluding hydrogens is 248 g/mol. The fourth-order valence-corrected chi connectivity index (χ4v) is 1.48. The summed E-state index contributed by atoms with van der Waals surface area (Å²) in [7, 11) is 1.29. The van der Waals surface area contributed by atoms with Gasteiger partial charge in [0.25, 0.3) is 0 Å². The largest absolute Gasteiger partial charge is 0.492 e. The zero-order valence-corrected chi connectivity index (χ0v) is 11.1. The lowest BCUT2D eigenvalue weighted by Gasteiger charge is -2.10. The second-order valence-corrected chi connectivity index (χ2v) is 3.80. The molecule has 1 amide bonds. The van der Waals surface area contributed by atoms with Gasteiger partial charge in [0.15, 0.2) is 0 Å². The monoisotopic (exact) mass is 266 g/mol. The van der Waals surface area contributed by atoms with Gasteiger partial charge in [-0.25, -0.2) is 4.79 Å². The van der Waals surface area contributed by atoms with E-state index in [1.165, 1.54) is 19.2 Å². The molecule has 0 bridgehead atoms. The Morgan fingerprint density at radius 3 is 2.74 bits per heavy atom. The van der Waals surface area contributed by atoms with Gasteiger partial charge in [-0.15, -0.1) is 0 Å². The standard InChI is InChI=1S/C13H18N2O4/c1-3-15-12(16)6-7-19-11-8-9(14)4-5-10(11)13(17)18-2/h4-5,8H,3,6-7,14H2,1-2H3,(H,15,16). The lowest BCUT2D eigenvalue weighted by atomic mass is 10.2. The second kappa shape index (κ2) is 7.25. The molecule has 0 heterocycles. The van der Waals surface area contributed by atoms with Gasteiger partial charge in [-0.3, -0.25) is 4.79 Å². The number of nitrogen functional groups attached to an aromatic ring is 1. The van der Waals surface area contributed by atoms with Crippen LogP contribution in [-0.4, -0.2) is 32.1 Å². The molecule has 104 valence electrons. The lowest BCUT2D eigenvalue weighted by Crippen LogP contribution is -2.24. The number of carbonyl (C=O) groups is 2. The average Bonchev–Trinajstić information content (AvgIpc) is 2.38. The van der Waals surface area contributed by atoms with Crippen molar-refractivity contribution in [1.29, 1.82) is 0 Å². The van der Waals surface area contributed by atoms with Gasteiger partial charge in [0.2, 0.25) is 5.91 Å². The number of nitrogens with one attached hydrogen (secondary N) is 1. The number of rotatable bonds is 6. The van der Waals surface area contributed by atoms with E-state index < -0.39 is 5.97 Å². The first kappa shape index (κ1) is 14.8. The van der Waals surface area contributed by atoms with E-state index >= 15 is 0 Å². The van der Waals surface area contributed by atoms with Crippen molar-refractivity contribution >= 4 is 17.6 Å². The molecule has 0 spiro atoms. The van der Waals surface area contributed by atoms with E-state index in [2.05, 4.69) is 10.1 Å². The molecule has 6 nitrogen and oxygen atoms in total. The first-order chi connectivity index (χ1) is 9.08. The molecule has 1 aromatic carbocycles. The van der Waals surface area contributed by atoms with Crippen LogP contribution >= 0.6 is 0 Å². The minimum absolute atomic E-state index is 0.106. The molecule has 0 radical (unpaired) electrons. The Hall–Kier alpha value is -2.24. The average molecular weight is 266 g/mol. The number of hydrogen-bond acceptors (Lipinski definition) is 5. The van der Waals surface area contributed by atoms with E-state index in [-0.39, 0.29) is 24.5 Å². The van der Waals surface area contributed by atoms with Crippen molar-refractivity contribution in [2.24, 2.45) is 0 Å². The van der Waals surface area contributed by atoms with Crippen molar-refractivity contribution in [1.82, 2.24) is 5.32 Å². The van der Waals surface area contributed by atoms with E-state index in [4.69, 9.17) is 10.5 Å². The fourth-order valence-electron chi connectivity index (χ4n) is 1.48. The van der Waals surface area contributed by atoms with Gasteiger partial charge in [-0.1, -0.05) is 0 Å². The number of methoxy groups -OCH3 is 1. The summed E-state index contributed by atoms with van der Waals surface area (Å²) >= 11 is 0. The zero-order chi connectivity index (χ0) is 14.3. The summed E-state index contributed by atoms with van der Waals surface area (Å²) in [5, 5.41) is 2.66. The summed E-state index contributed by atoms with van der Waals surface area (Å²) in [5.74, 6) is -0.296. The molecule has 19 heavy (non-hydrogen) atoms. The van der Waals surface area contributed by atoms with Crippen molar-refractivity contribution in [3.8, 4) is 5.75 Å². The van der Waals surface area contributed by atoms with Crippen LogP contribution in [0.4, 0.5) is 5.69 Å². The third-order valence-corrected chi connectivity index (χ3v) is 2.37. The van der Waals surface area contributed by atoms with Crippen LogP contribution in [0.25, 0.3) is 0 Å². The van der Waals surface area contributed by atoms with E-state index in [9.17, 15) is 9.59 Å². The molecule has 0 saturated heterocycles. The number of anilines is 1. The molecule has 0 aliphatic heterocycles. The summed E-state index contributed by atoms with van der Waals surface area (Å²) in [4.78, 5) is 22.8. The van der Waals surface area contributed by atoms with Gasteiger partial charge >= 0.3 is 5.97 Å². The maximum absolute atomic E-state index is 11.5. The molecule has 0 atom stereocenters. The van der Waals surface area contributed by atoms with Gasteiger partial charge in [0.05, 0.1) is 20.1 Å². The van der Waals surface area contributed by atoms with E-state index in [1.807, 2.05) is 6.92 Å². The third kappa shape index (κ3) is 4.50. The number of nitrogens with two attached hydrogens (primary N) is 1. The van der Waals surface area contributed by atoms with E-state index in [1.54, 1.807) is 6.07 Å². The summed E-state index contributed by atoms with van der Waals surface area (Å²) < 4.78 is 10.1. The van der Waals surface area contributed by atoms with Crippen molar-refractivity contribution in [2.75, 3.05) is 26.0 Å².